The number of hydrogen-bond acceptors (Lipinski definition) is 3. The fourth-order valence-corrected chi connectivity index (χ4v) is 6.13. The van der Waals surface area contributed by atoms with Crippen molar-refractivity contribution < 1.29 is 9.53 Å². The highest BCUT2D eigenvalue weighted by atomic mass is 16.5. The van der Waals surface area contributed by atoms with Crippen LogP contribution in [0, 0.1) is 0 Å². The molecule has 0 fully saturated rings. The molecule has 2 bridgehead atoms. The zero-order chi connectivity index (χ0) is 22.3. The number of rotatable bonds is 7. The Bertz CT molecular complexity index is 1090. The molecule has 3 heteroatoms. The quantitative estimate of drug-likeness (QED) is 0.326. The van der Waals surface area contributed by atoms with Gasteiger partial charge in [0.15, 0.2) is 0 Å². The minimum Gasteiger partial charge on any atom is -0.462 e. The first kappa shape index (κ1) is 20.7. The minimum absolute atomic E-state index is 0.216. The van der Waals surface area contributed by atoms with Crippen molar-refractivity contribution in [2.75, 3.05) is 20.2 Å². The third kappa shape index (κ3) is 2.67. The first-order chi connectivity index (χ1) is 15.6. The van der Waals surface area contributed by atoms with Crippen LogP contribution in [0.25, 0.3) is 0 Å². The van der Waals surface area contributed by atoms with Gasteiger partial charge in [0.05, 0.1) is 12.0 Å². The van der Waals surface area contributed by atoms with Gasteiger partial charge in [0.25, 0.3) is 0 Å². The Morgan fingerprint density at radius 2 is 1.22 bits per heavy atom. The number of benzene rings is 3. The van der Waals surface area contributed by atoms with Gasteiger partial charge in [-0.15, -0.1) is 0 Å². The standard InChI is InChI=1S/C29H29NO2/c1-20(2)27(31)32-18-10-17-28-21-11-4-7-14-24(21)29(19-30-3,25-15-8-5-12-22(25)28)26-16-9-6-13-23(26)28/h4-9,11-16,30H,1,10,17-19H2,2-3H3. The molecule has 0 aliphatic heterocycles. The average molecular weight is 424 g/mol. The van der Waals surface area contributed by atoms with Crippen LogP contribution in [-0.4, -0.2) is 26.2 Å². The summed E-state index contributed by atoms with van der Waals surface area (Å²) in [5.41, 5.74) is 8.23. The van der Waals surface area contributed by atoms with E-state index in [1.54, 1.807) is 6.92 Å². The van der Waals surface area contributed by atoms with Crippen molar-refractivity contribution in [3.05, 3.63) is 118 Å². The molecule has 3 aliphatic carbocycles. The van der Waals surface area contributed by atoms with Crippen LogP contribution in [0.15, 0.2) is 84.9 Å². The molecule has 3 aliphatic rings. The monoisotopic (exact) mass is 423 g/mol. The smallest absolute Gasteiger partial charge is 0.333 e. The third-order valence-electron chi connectivity index (χ3n) is 7.26. The molecule has 0 amide bonds. The number of esters is 1. The molecular formula is C29H29NO2. The summed E-state index contributed by atoms with van der Waals surface area (Å²) in [5.74, 6) is -0.316. The molecule has 32 heavy (non-hydrogen) atoms. The molecule has 0 unspecified atom stereocenters. The highest BCUT2D eigenvalue weighted by Crippen LogP contribution is 2.63. The van der Waals surface area contributed by atoms with Crippen molar-refractivity contribution in [3.8, 4) is 0 Å². The van der Waals surface area contributed by atoms with E-state index in [-0.39, 0.29) is 16.8 Å². The van der Waals surface area contributed by atoms with Gasteiger partial charge in [0.1, 0.15) is 0 Å². The van der Waals surface area contributed by atoms with E-state index in [0.29, 0.717) is 12.2 Å². The number of likely N-dealkylation sites (N-methyl/N-ethyl adjacent to an activating group) is 1. The zero-order valence-corrected chi connectivity index (χ0v) is 18.8. The molecule has 0 atom stereocenters. The average Bonchev–Trinajstić information content (AvgIpc) is 2.83. The Kier molecular flexibility index (Phi) is 5.02. The van der Waals surface area contributed by atoms with Gasteiger partial charge < -0.3 is 10.1 Å². The van der Waals surface area contributed by atoms with Crippen LogP contribution in [-0.2, 0) is 20.4 Å². The summed E-state index contributed by atoms with van der Waals surface area (Å²) >= 11 is 0. The van der Waals surface area contributed by atoms with E-state index >= 15 is 0 Å². The van der Waals surface area contributed by atoms with E-state index in [1.165, 1.54) is 33.4 Å². The van der Waals surface area contributed by atoms with E-state index in [9.17, 15) is 4.79 Å². The predicted octanol–water partition coefficient (Wildman–Crippen LogP) is 5.10. The number of ether oxygens (including phenoxy) is 1. The highest BCUT2D eigenvalue weighted by Gasteiger charge is 2.57. The van der Waals surface area contributed by atoms with Crippen molar-refractivity contribution in [2.45, 2.75) is 30.6 Å². The first-order valence-electron chi connectivity index (χ1n) is 11.3. The first-order valence-corrected chi connectivity index (χ1v) is 11.3. The Morgan fingerprint density at radius 3 is 1.59 bits per heavy atom. The molecule has 6 rings (SSSR count). The molecule has 3 aromatic rings. The van der Waals surface area contributed by atoms with Crippen LogP contribution in [0.5, 0.6) is 0 Å². The van der Waals surface area contributed by atoms with Crippen molar-refractivity contribution in [2.24, 2.45) is 0 Å². The van der Waals surface area contributed by atoms with Gasteiger partial charge >= 0.3 is 5.97 Å². The van der Waals surface area contributed by atoms with Gasteiger partial charge in [-0.25, -0.2) is 4.79 Å². The molecule has 1 N–H and O–H groups in total. The summed E-state index contributed by atoms with van der Waals surface area (Å²) in [5, 5.41) is 3.50. The van der Waals surface area contributed by atoms with Crippen LogP contribution in [0.4, 0.5) is 0 Å². The summed E-state index contributed by atoms with van der Waals surface area (Å²) < 4.78 is 5.47. The van der Waals surface area contributed by atoms with Gasteiger partial charge in [-0.1, -0.05) is 79.4 Å². The van der Waals surface area contributed by atoms with Crippen molar-refractivity contribution in [1.82, 2.24) is 5.32 Å². The normalized spacial score (nSPS) is 21.9. The third-order valence-corrected chi connectivity index (χ3v) is 7.26. The summed E-state index contributed by atoms with van der Waals surface area (Å²) in [6, 6.07) is 26.7. The molecule has 3 aromatic carbocycles. The number of nitrogens with one attached hydrogen (secondary N) is 1. The molecule has 162 valence electrons. The van der Waals surface area contributed by atoms with Crippen molar-refractivity contribution in [1.29, 1.82) is 0 Å². The summed E-state index contributed by atoms with van der Waals surface area (Å²) in [6.45, 7) is 6.61. The van der Waals surface area contributed by atoms with Gasteiger partial charge in [-0.05, 0) is 60.2 Å². The summed E-state index contributed by atoms with van der Waals surface area (Å²) in [7, 11) is 2.04. The Balaban J connectivity index is 1.70. The molecule has 0 saturated heterocycles. The van der Waals surface area contributed by atoms with Gasteiger partial charge in [0.2, 0.25) is 0 Å². The van der Waals surface area contributed by atoms with E-state index in [4.69, 9.17) is 4.74 Å². The summed E-state index contributed by atoms with van der Waals surface area (Å²) in [6.07, 6.45) is 1.65. The zero-order valence-electron chi connectivity index (χ0n) is 18.8. The second kappa shape index (κ2) is 7.75. The van der Waals surface area contributed by atoms with Crippen molar-refractivity contribution in [3.63, 3.8) is 0 Å². The van der Waals surface area contributed by atoms with Crippen LogP contribution in [0.2, 0.25) is 0 Å². The molecule has 0 heterocycles. The lowest BCUT2D eigenvalue weighted by atomic mass is 9.46. The maximum Gasteiger partial charge on any atom is 0.333 e. The highest BCUT2D eigenvalue weighted by molar-refractivity contribution is 5.86. The number of hydrogen-bond donors (Lipinski definition) is 1. The van der Waals surface area contributed by atoms with Crippen LogP contribution in [0.3, 0.4) is 0 Å². The van der Waals surface area contributed by atoms with E-state index in [2.05, 4.69) is 84.7 Å². The maximum atomic E-state index is 11.9. The second-order valence-corrected chi connectivity index (χ2v) is 9.00. The minimum atomic E-state index is -0.316. The molecule has 0 saturated carbocycles. The van der Waals surface area contributed by atoms with Gasteiger partial charge in [-0.2, -0.15) is 0 Å². The Morgan fingerprint density at radius 1 is 0.812 bits per heavy atom. The molecule has 3 nitrogen and oxygen atoms in total. The lowest BCUT2D eigenvalue weighted by Crippen LogP contribution is -2.54. The number of carbonyl (C=O) groups is 1. The van der Waals surface area contributed by atoms with Gasteiger partial charge in [-0.3, -0.25) is 0 Å². The maximum absolute atomic E-state index is 11.9. The van der Waals surface area contributed by atoms with E-state index < -0.39 is 0 Å². The fraction of sp³-hybridized carbons (Fsp3) is 0.276. The molecule has 0 radical (unpaired) electrons. The van der Waals surface area contributed by atoms with Gasteiger partial charge in [0, 0.05) is 17.5 Å². The lowest BCUT2D eigenvalue weighted by molar-refractivity contribution is -0.139. The van der Waals surface area contributed by atoms with Crippen molar-refractivity contribution >= 4 is 5.97 Å². The van der Waals surface area contributed by atoms with E-state index in [0.717, 1.165) is 19.4 Å². The van der Waals surface area contributed by atoms with Crippen LogP contribution >= 0.6 is 0 Å². The Hall–Kier alpha value is -3.17. The van der Waals surface area contributed by atoms with Crippen LogP contribution in [0.1, 0.15) is 53.1 Å². The molecule has 0 aromatic heterocycles. The Labute approximate surface area is 190 Å². The second-order valence-electron chi connectivity index (χ2n) is 9.00. The van der Waals surface area contributed by atoms with Crippen LogP contribution < -0.4 is 5.32 Å². The van der Waals surface area contributed by atoms with E-state index in [1.807, 2.05) is 7.05 Å². The fourth-order valence-electron chi connectivity index (χ4n) is 6.13. The topological polar surface area (TPSA) is 38.3 Å². The predicted molar refractivity (Wildman–Crippen MR) is 128 cm³/mol. The summed E-state index contributed by atoms with van der Waals surface area (Å²) in [4.78, 5) is 11.9. The molecular weight excluding hydrogens is 394 g/mol. The lowest BCUT2D eigenvalue weighted by Gasteiger charge is -2.57. The SMILES string of the molecule is C=C(C)C(=O)OCCCC12c3ccccc3C(CNC)(c3ccccc31)c1ccccc12. The number of carbonyl (C=O) groups excluding carboxylic acids is 1. The molecule has 0 spiro atoms. The largest absolute Gasteiger partial charge is 0.462 e.